The Bertz CT molecular complexity index is 447. The van der Waals surface area contributed by atoms with Gasteiger partial charge in [0.25, 0.3) is 5.91 Å². The zero-order valence-electron chi connectivity index (χ0n) is 10.9. The van der Waals surface area contributed by atoms with Crippen molar-refractivity contribution in [2.24, 2.45) is 0 Å². The number of likely N-dealkylation sites (N-methyl/N-ethyl adjacent to an activating group) is 1. The largest absolute Gasteiger partial charge is 0.349 e. The predicted molar refractivity (Wildman–Crippen MR) is 74.4 cm³/mol. The van der Waals surface area contributed by atoms with E-state index in [1.54, 1.807) is 12.1 Å². The molecule has 0 aliphatic carbocycles. The second-order valence-corrected chi connectivity index (χ2v) is 5.65. The van der Waals surface area contributed by atoms with Gasteiger partial charge in [0.1, 0.15) is 10.8 Å². The summed E-state index contributed by atoms with van der Waals surface area (Å²) in [6.45, 7) is 4.55. The number of pyridine rings is 1. The molecule has 0 bridgehead atoms. The van der Waals surface area contributed by atoms with E-state index in [0.29, 0.717) is 11.6 Å². The van der Waals surface area contributed by atoms with Gasteiger partial charge in [-0.1, -0.05) is 23.2 Å². The van der Waals surface area contributed by atoms with Crippen molar-refractivity contribution in [2.75, 3.05) is 20.6 Å². The molecule has 0 radical (unpaired) electrons. The zero-order chi connectivity index (χ0) is 13.9. The molecular formula is C12H17Cl2N3O. The molecule has 0 aliphatic heterocycles. The maximum absolute atomic E-state index is 12.0. The molecule has 4 nitrogen and oxygen atoms in total. The molecule has 0 spiro atoms. The van der Waals surface area contributed by atoms with Crippen molar-refractivity contribution in [2.45, 2.75) is 19.4 Å². The van der Waals surface area contributed by atoms with Crippen molar-refractivity contribution >= 4 is 29.1 Å². The summed E-state index contributed by atoms with van der Waals surface area (Å²) in [6, 6.07) is 3.10. The fourth-order valence-electron chi connectivity index (χ4n) is 1.12. The van der Waals surface area contributed by atoms with Crippen LogP contribution in [0.1, 0.15) is 24.3 Å². The first-order valence-electron chi connectivity index (χ1n) is 5.52. The maximum Gasteiger partial charge on any atom is 0.271 e. The van der Waals surface area contributed by atoms with Crippen LogP contribution in [0.25, 0.3) is 0 Å². The van der Waals surface area contributed by atoms with Crippen molar-refractivity contribution in [1.82, 2.24) is 15.2 Å². The number of hydrogen-bond acceptors (Lipinski definition) is 3. The summed E-state index contributed by atoms with van der Waals surface area (Å²) in [5.41, 5.74) is -0.000477. The Morgan fingerprint density at radius 2 is 2.00 bits per heavy atom. The SMILES string of the molecule is CN(C)C(C)(C)CNC(=O)c1nc(Cl)ccc1Cl. The van der Waals surface area contributed by atoms with Gasteiger partial charge in [-0.15, -0.1) is 0 Å². The summed E-state index contributed by atoms with van der Waals surface area (Å²) < 4.78 is 0. The van der Waals surface area contributed by atoms with E-state index in [0.717, 1.165) is 0 Å². The van der Waals surface area contributed by atoms with Crippen LogP contribution >= 0.6 is 23.2 Å². The number of carbonyl (C=O) groups excluding carboxylic acids is 1. The van der Waals surface area contributed by atoms with Gasteiger partial charge in [-0.2, -0.15) is 0 Å². The molecule has 0 unspecified atom stereocenters. The molecule has 0 aliphatic rings. The maximum atomic E-state index is 12.0. The van der Waals surface area contributed by atoms with Crippen LogP contribution in [-0.2, 0) is 0 Å². The second-order valence-electron chi connectivity index (χ2n) is 4.85. The highest BCUT2D eigenvalue weighted by molar-refractivity contribution is 6.34. The quantitative estimate of drug-likeness (QED) is 0.866. The van der Waals surface area contributed by atoms with Gasteiger partial charge in [-0.05, 0) is 40.1 Å². The highest BCUT2D eigenvalue weighted by Gasteiger charge is 2.22. The van der Waals surface area contributed by atoms with Gasteiger partial charge in [-0.3, -0.25) is 4.79 Å². The average Bonchev–Trinajstić information content (AvgIpc) is 2.29. The van der Waals surface area contributed by atoms with Gasteiger partial charge >= 0.3 is 0 Å². The van der Waals surface area contributed by atoms with Crippen LogP contribution in [0.2, 0.25) is 10.2 Å². The summed E-state index contributed by atoms with van der Waals surface area (Å²) in [4.78, 5) is 17.9. The molecule has 0 fully saturated rings. The Balaban J connectivity index is 2.75. The predicted octanol–water partition coefficient (Wildman–Crippen LogP) is 2.46. The fraction of sp³-hybridized carbons (Fsp3) is 0.500. The lowest BCUT2D eigenvalue weighted by Gasteiger charge is -2.32. The van der Waals surface area contributed by atoms with Crippen LogP contribution in [0.15, 0.2) is 12.1 Å². The Morgan fingerprint density at radius 3 is 2.56 bits per heavy atom. The first kappa shape index (κ1) is 15.2. The Morgan fingerprint density at radius 1 is 1.39 bits per heavy atom. The number of aromatic nitrogens is 1. The minimum Gasteiger partial charge on any atom is -0.349 e. The fourth-order valence-corrected chi connectivity index (χ4v) is 1.45. The summed E-state index contributed by atoms with van der Waals surface area (Å²) >= 11 is 11.7. The van der Waals surface area contributed by atoms with E-state index in [2.05, 4.69) is 10.3 Å². The normalized spacial score (nSPS) is 11.7. The summed E-state index contributed by atoms with van der Waals surface area (Å²) in [5, 5.41) is 3.34. The highest BCUT2D eigenvalue weighted by Crippen LogP contribution is 2.17. The van der Waals surface area contributed by atoms with E-state index >= 15 is 0 Å². The molecule has 1 heterocycles. The van der Waals surface area contributed by atoms with Crippen LogP contribution in [0.5, 0.6) is 0 Å². The molecule has 0 aromatic carbocycles. The standard InChI is InChI=1S/C12H17Cl2N3O/c1-12(2,17(3)4)7-15-11(18)10-8(13)5-6-9(14)16-10/h5-6H,7H2,1-4H3,(H,15,18). The lowest BCUT2D eigenvalue weighted by molar-refractivity contribution is 0.0915. The van der Waals surface area contributed by atoms with Crippen LogP contribution in [0.4, 0.5) is 0 Å². The number of rotatable bonds is 4. The minimum atomic E-state index is -0.322. The monoisotopic (exact) mass is 289 g/mol. The Hall–Kier alpha value is -0.840. The number of carbonyl (C=O) groups is 1. The molecule has 0 atom stereocenters. The molecule has 1 aromatic heterocycles. The first-order chi connectivity index (χ1) is 8.24. The van der Waals surface area contributed by atoms with Gasteiger partial charge in [0.05, 0.1) is 5.02 Å². The van der Waals surface area contributed by atoms with E-state index in [-0.39, 0.29) is 22.3 Å². The number of amides is 1. The van der Waals surface area contributed by atoms with E-state index in [4.69, 9.17) is 23.2 Å². The van der Waals surface area contributed by atoms with Gasteiger partial charge in [0, 0.05) is 12.1 Å². The van der Waals surface area contributed by atoms with E-state index < -0.39 is 0 Å². The molecule has 18 heavy (non-hydrogen) atoms. The van der Waals surface area contributed by atoms with Crippen molar-refractivity contribution in [3.05, 3.63) is 28.0 Å². The Labute approximate surface area is 117 Å². The Kier molecular flexibility index (Phi) is 4.96. The molecule has 1 N–H and O–H groups in total. The van der Waals surface area contributed by atoms with E-state index in [1.807, 2.05) is 32.8 Å². The summed E-state index contributed by atoms with van der Waals surface area (Å²) in [6.07, 6.45) is 0. The molecule has 1 amide bonds. The number of nitrogens with zero attached hydrogens (tertiary/aromatic N) is 2. The molecule has 1 aromatic rings. The number of hydrogen-bond donors (Lipinski definition) is 1. The first-order valence-corrected chi connectivity index (χ1v) is 6.27. The van der Waals surface area contributed by atoms with Crippen molar-refractivity contribution in [3.63, 3.8) is 0 Å². The third-order valence-electron chi connectivity index (χ3n) is 2.92. The smallest absolute Gasteiger partial charge is 0.271 e. The van der Waals surface area contributed by atoms with Crippen LogP contribution in [-0.4, -0.2) is 42.0 Å². The third kappa shape index (κ3) is 3.83. The summed E-state index contributed by atoms with van der Waals surface area (Å²) in [7, 11) is 3.91. The molecule has 1 rings (SSSR count). The highest BCUT2D eigenvalue weighted by atomic mass is 35.5. The number of halogens is 2. The van der Waals surface area contributed by atoms with Gasteiger partial charge in [0.2, 0.25) is 0 Å². The van der Waals surface area contributed by atoms with Crippen LogP contribution in [0, 0.1) is 0 Å². The second kappa shape index (κ2) is 5.87. The van der Waals surface area contributed by atoms with Crippen molar-refractivity contribution in [1.29, 1.82) is 0 Å². The number of nitrogens with one attached hydrogen (secondary N) is 1. The van der Waals surface area contributed by atoms with E-state index in [9.17, 15) is 4.79 Å². The summed E-state index contributed by atoms with van der Waals surface area (Å²) in [5.74, 6) is -0.322. The lowest BCUT2D eigenvalue weighted by atomic mass is 10.0. The van der Waals surface area contributed by atoms with Gasteiger partial charge < -0.3 is 10.2 Å². The van der Waals surface area contributed by atoms with Gasteiger partial charge in [-0.25, -0.2) is 4.98 Å². The van der Waals surface area contributed by atoms with Crippen molar-refractivity contribution < 1.29 is 4.79 Å². The molecule has 100 valence electrons. The van der Waals surface area contributed by atoms with Gasteiger partial charge in [0.15, 0.2) is 0 Å². The molecule has 0 saturated heterocycles. The molecule has 0 saturated carbocycles. The lowest BCUT2D eigenvalue weighted by Crippen LogP contribution is -2.48. The van der Waals surface area contributed by atoms with Crippen LogP contribution in [0.3, 0.4) is 0 Å². The van der Waals surface area contributed by atoms with Crippen LogP contribution < -0.4 is 5.32 Å². The average molecular weight is 290 g/mol. The zero-order valence-corrected chi connectivity index (χ0v) is 12.4. The van der Waals surface area contributed by atoms with E-state index in [1.165, 1.54) is 0 Å². The topological polar surface area (TPSA) is 45.2 Å². The molecular weight excluding hydrogens is 273 g/mol. The van der Waals surface area contributed by atoms with Crippen molar-refractivity contribution in [3.8, 4) is 0 Å². The minimum absolute atomic E-state index is 0.152. The third-order valence-corrected chi connectivity index (χ3v) is 3.43. The molecule has 6 heteroatoms.